The van der Waals surface area contributed by atoms with Gasteiger partial charge in [0.1, 0.15) is 6.54 Å². The van der Waals surface area contributed by atoms with Crippen LogP contribution in [0.1, 0.15) is 40.0 Å². The second-order valence-corrected chi connectivity index (χ2v) is 5.84. The zero-order valence-corrected chi connectivity index (χ0v) is 13.2. The number of thioether (sulfide) groups is 1. The number of carboxylic acid groups (broad SMARTS) is 1. The minimum Gasteiger partial charge on any atom is -0.480 e. The summed E-state index contributed by atoms with van der Waals surface area (Å²) in [5, 5.41) is 11.7. The molecular weight excluding hydrogens is 264 g/mol. The van der Waals surface area contributed by atoms with E-state index in [1.807, 2.05) is 13.2 Å². The number of carbonyl (C=O) groups excluding carboxylic acids is 1. The summed E-state index contributed by atoms with van der Waals surface area (Å²) in [5.74, 6) is -0.981. The van der Waals surface area contributed by atoms with Gasteiger partial charge in [0.15, 0.2) is 0 Å². The van der Waals surface area contributed by atoms with Crippen molar-refractivity contribution in [3.05, 3.63) is 0 Å². The minimum absolute atomic E-state index is 0.0385. The van der Waals surface area contributed by atoms with Gasteiger partial charge in [-0.1, -0.05) is 20.8 Å². The van der Waals surface area contributed by atoms with Gasteiger partial charge < -0.3 is 15.3 Å². The standard InChI is InChI=1S/C13H26N2O3S/c1-5-8-15(9-11(16)17)12(18)14-10-13(6-2,7-3)19-4/h5-10H2,1-4H3,(H,14,18)(H,16,17). The molecule has 0 aromatic carbocycles. The minimum atomic E-state index is -0.981. The first-order valence-electron chi connectivity index (χ1n) is 6.74. The Hall–Kier alpha value is -0.910. The molecule has 0 heterocycles. The highest BCUT2D eigenvalue weighted by molar-refractivity contribution is 8.00. The molecule has 0 bridgehead atoms. The number of hydrogen-bond acceptors (Lipinski definition) is 3. The van der Waals surface area contributed by atoms with E-state index in [0.29, 0.717) is 13.1 Å². The Kier molecular flexibility index (Phi) is 8.63. The Morgan fingerprint density at radius 3 is 2.21 bits per heavy atom. The smallest absolute Gasteiger partial charge is 0.323 e. The summed E-state index contributed by atoms with van der Waals surface area (Å²) in [6.45, 7) is 6.92. The normalized spacial score (nSPS) is 11.2. The van der Waals surface area contributed by atoms with Gasteiger partial charge in [0, 0.05) is 17.8 Å². The van der Waals surface area contributed by atoms with E-state index in [0.717, 1.165) is 19.3 Å². The van der Waals surface area contributed by atoms with Crippen LogP contribution in [0.15, 0.2) is 0 Å². The van der Waals surface area contributed by atoms with E-state index in [4.69, 9.17) is 5.11 Å². The quantitative estimate of drug-likeness (QED) is 0.684. The Bertz CT molecular complexity index is 285. The molecule has 0 aromatic heterocycles. The molecule has 0 saturated heterocycles. The van der Waals surface area contributed by atoms with Crippen molar-refractivity contribution in [2.75, 3.05) is 25.9 Å². The lowest BCUT2D eigenvalue weighted by molar-refractivity contribution is -0.137. The predicted octanol–water partition coefficient (Wildman–Crippen LogP) is 2.41. The molecule has 0 aliphatic rings. The molecule has 0 atom stereocenters. The lowest BCUT2D eigenvalue weighted by Gasteiger charge is -2.31. The number of nitrogens with zero attached hydrogens (tertiary/aromatic N) is 1. The van der Waals surface area contributed by atoms with Gasteiger partial charge in [-0.05, 0) is 25.5 Å². The molecular formula is C13H26N2O3S. The number of hydrogen-bond donors (Lipinski definition) is 2. The Morgan fingerprint density at radius 2 is 1.84 bits per heavy atom. The Morgan fingerprint density at radius 1 is 1.26 bits per heavy atom. The monoisotopic (exact) mass is 290 g/mol. The third-order valence-electron chi connectivity index (χ3n) is 3.39. The van der Waals surface area contributed by atoms with Crippen molar-refractivity contribution in [2.45, 2.75) is 44.8 Å². The van der Waals surface area contributed by atoms with E-state index in [-0.39, 0.29) is 17.3 Å². The molecule has 19 heavy (non-hydrogen) atoms. The van der Waals surface area contributed by atoms with Crippen molar-refractivity contribution in [1.82, 2.24) is 10.2 Å². The van der Waals surface area contributed by atoms with Gasteiger partial charge in [-0.3, -0.25) is 4.79 Å². The van der Waals surface area contributed by atoms with Gasteiger partial charge in [0.2, 0.25) is 0 Å². The summed E-state index contributed by atoms with van der Waals surface area (Å²) in [4.78, 5) is 24.1. The van der Waals surface area contributed by atoms with Crippen LogP contribution >= 0.6 is 11.8 Å². The largest absolute Gasteiger partial charge is 0.480 e. The number of carboxylic acids is 1. The van der Waals surface area contributed by atoms with E-state index in [9.17, 15) is 9.59 Å². The molecule has 5 nitrogen and oxygen atoms in total. The molecule has 0 saturated carbocycles. The van der Waals surface area contributed by atoms with Crippen LogP contribution in [0.25, 0.3) is 0 Å². The average molecular weight is 290 g/mol. The van der Waals surface area contributed by atoms with Crippen LogP contribution in [-0.2, 0) is 4.79 Å². The highest BCUT2D eigenvalue weighted by Gasteiger charge is 2.26. The SMILES string of the molecule is CCCN(CC(=O)O)C(=O)NCC(CC)(CC)SC. The van der Waals surface area contributed by atoms with E-state index in [1.54, 1.807) is 11.8 Å². The lowest BCUT2D eigenvalue weighted by Crippen LogP contribution is -2.47. The zero-order chi connectivity index (χ0) is 14.9. The fourth-order valence-electron chi connectivity index (χ4n) is 1.89. The van der Waals surface area contributed by atoms with Crippen molar-refractivity contribution in [3.63, 3.8) is 0 Å². The molecule has 0 spiro atoms. The van der Waals surface area contributed by atoms with Crippen LogP contribution < -0.4 is 5.32 Å². The zero-order valence-electron chi connectivity index (χ0n) is 12.4. The molecule has 0 rings (SSSR count). The van der Waals surface area contributed by atoms with Gasteiger partial charge in [-0.15, -0.1) is 0 Å². The maximum absolute atomic E-state index is 12.0. The number of urea groups is 1. The second-order valence-electron chi connectivity index (χ2n) is 4.57. The number of rotatable bonds is 9. The molecule has 2 amide bonds. The second kappa shape index (κ2) is 9.07. The van der Waals surface area contributed by atoms with Crippen molar-refractivity contribution in [1.29, 1.82) is 0 Å². The van der Waals surface area contributed by atoms with Crippen LogP contribution in [0.5, 0.6) is 0 Å². The predicted molar refractivity (Wildman–Crippen MR) is 79.7 cm³/mol. The number of amides is 2. The van der Waals surface area contributed by atoms with Crippen molar-refractivity contribution < 1.29 is 14.7 Å². The summed E-state index contributed by atoms with van der Waals surface area (Å²) < 4.78 is 0.0385. The fourth-order valence-corrected chi connectivity index (χ4v) is 2.69. The first kappa shape index (κ1) is 18.1. The molecule has 6 heteroatoms. The molecule has 112 valence electrons. The summed E-state index contributed by atoms with van der Waals surface area (Å²) in [5.41, 5.74) is 0. The van der Waals surface area contributed by atoms with E-state index < -0.39 is 5.97 Å². The molecule has 0 aromatic rings. The van der Waals surface area contributed by atoms with Crippen molar-refractivity contribution in [3.8, 4) is 0 Å². The number of nitrogens with one attached hydrogen (secondary N) is 1. The van der Waals surface area contributed by atoms with Gasteiger partial charge >= 0.3 is 12.0 Å². The highest BCUT2D eigenvalue weighted by Crippen LogP contribution is 2.29. The van der Waals surface area contributed by atoms with Crippen LogP contribution in [0.4, 0.5) is 4.79 Å². The fraction of sp³-hybridized carbons (Fsp3) is 0.846. The topological polar surface area (TPSA) is 69.6 Å². The Labute approximate surface area is 120 Å². The maximum Gasteiger partial charge on any atom is 0.323 e. The maximum atomic E-state index is 12.0. The summed E-state index contributed by atoms with van der Waals surface area (Å²) in [6, 6.07) is -0.287. The van der Waals surface area contributed by atoms with E-state index >= 15 is 0 Å². The van der Waals surface area contributed by atoms with Crippen LogP contribution in [-0.4, -0.2) is 52.6 Å². The molecule has 2 N–H and O–H groups in total. The van der Waals surface area contributed by atoms with Crippen molar-refractivity contribution in [2.24, 2.45) is 0 Å². The average Bonchev–Trinajstić information content (AvgIpc) is 2.39. The van der Waals surface area contributed by atoms with E-state index in [1.165, 1.54) is 4.90 Å². The molecule has 0 unspecified atom stereocenters. The summed E-state index contributed by atoms with van der Waals surface area (Å²) >= 11 is 1.75. The van der Waals surface area contributed by atoms with Gasteiger partial charge in [0.05, 0.1) is 0 Å². The van der Waals surface area contributed by atoms with Gasteiger partial charge in [-0.2, -0.15) is 11.8 Å². The number of carbonyl (C=O) groups is 2. The first-order valence-corrected chi connectivity index (χ1v) is 7.96. The third-order valence-corrected chi connectivity index (χ3v) is 4.98. The third kappa shape index (κ3) is 6.18. The molecule has 0 radical (unpaired) electrons. The number of aliphatic carboxylic acids is 1. The Balaban J connectivity index is 4.50. The summed E-state index contributed by atoms with van der Waals surface area (Å²) in [7, 11) is 0. The van der Waals surface area contributed by atoms with Crippen LogP contribution in [0.3, 0.4) is 0 Å². The summed E-state index contributed by atoms with van der Waals surface area (Å²) in [6.07, 6.45) is 4.73. The first-order chi connectivity index (χ1) is 8.94. The van der Waals surface area contributed by atoms with Crippen LogP contribution in [0, 0.1) is 0 Å². The van der Waals surface area contributed by atoms with Gasteiger partial charge in [0.25, 0.3) is 0 Å². The molecule has 0 aliphatic heterocycles. The van der Waals surface area contributed by atoms with Crippen molar-refractivity contribution >= 4 is 23.8 Å². The molecule has 0 fully saturated rings. The van der Waals surface area contributed by atoms with Gasteiger partial charge in [-0.25, -0.2) is 4.79 Å². The van der Waals surface area contributed by atoms with Crippen LogP contribution in [0.2, 0.25) is 0 Å². The lowest BCUT2D eigenvalue weighted by atomic mass is 10.0. The van der Waals surface area contributed by atoms with E-state index in [2.05, 4.69) is 19.2 Å². The molecule has 0 aliphatic carbocycles. The highest BCUT2D eigenvalue weighted by atomic mass is 32.2.